The highest BCUT2D eigenvalue weighted by Gasteiger charge is 2.50. The van der Waals surface area contributed by atoms with E-state index in [9.17, 15) is 14.4 Å². The van der Waals surface area contributed by atoms with Crippen molar-refractivity contribution >= 4 is 40.1 Å². The maximum absolute atomic E-state index is 13.2. The van der Waals surface area contributed by atoms with Gasteiger partial charge in [-0.3, -0.25) is 19.7 Å². The summed E-state index contributed by atoms with van der Waals surface area (Å²) in [6.45, 7) is 5.13. The monoisotopic (exact) mass is 499 g/mol. The Bertz CT molecular complexity index is 1560. The molecule has 3 aromatic heterocycles. The molecule has 4 aromatic rings. The second-order valence-electron chi connectivity index (χ2n) is 9.63. The number of hydrogen-bond acceptors (Lipinski definition) is 5. The van der Waals surface area contributed by atoms with Crippen LogP contribution >= 0.6 is 11.3 Å². The number of carbonyl (C=O) groups is 2. The smallest absolute Gasteiger partial charge is 0.268 e. The second kappa shape index (κ2) is 8.60. The van der Waals surface area contributed by atoms with E-state index in [2.05, 4.69) is 21.4 Å². The maximum atomic E-state index is 13.2. The van der Waals surface area contributed by atoms with Crippen molar-refractivity contribution in [1.29, 1.82) is 0 Å². The summed E-state index contributed by atoms with van der Waals surface area (Å²) < 4.78 is 2.14. The van der Waals surface area contributed by atoms with Crippen molar-refractivity contribution < 1.29 is 9.59 Å². The third-order valence-electron chi connectivity index (χ3n) is 7.34. The van der Waals surface area contributed by atoms with E-state index in [4.69, 9.17) is 4.98 Å². The molecule has 4 heterocycles. The largest absolute Gasteiger partial charge is 0.339 e. The zero-order valence-electron chi connectivity index (χ0n) is 19.6. The molecule has 2 N–H and O–H groups in total. The third-order valence-corrected chi connectivity index (χ3v) is 8.47. The van der Waals surface area contributed by atoms with Crippen LogP contribution in [-0.4, -0.2) is 44.3 Å². The number of rotatable bonds is 5. The molecule has 1 aliphatic heterocycles. The van der Waals surface area contributed by atoms with Crippen LogP contribution in [-0.2, 0) is 4.79 Å². The number of benzene rings is 1. The van der Waals surface area contributed by atoms with Gasteiger partial charge >= 0.3 is 0 Å². The molecule has 2 fully saturated rings. The molecular formula is C27H25N5O3S. The molecule has 2 aliphatic rings. The number of amides is 2. The zero-order chi connectivity index (χ0) is 24.9. The van der Waals surface area contributed by atoms with Gasteiger partial charge in [-0.2, -0.15) is 0 Å². The molecule has 0 unspecified atom stereocenters. The van der Waals surface area contributed by atoms with E-state index in [1.165, 1.54) is 23.5 Å². The summed E-state index contributed by atoms with van der Waals surface area (Å²) in [5.41, 5.74) is 2.53. The van der Waals surface area contributed by atoms with Gasteiger partial charge in [-0.25, -0.2) is 4.98 Å². The summed E-state index contributed by atoms with van der Waals surface area (Å²) in [7, 11) is 0. The lowest BCUT2D eigenvalue weighted by Gasteiger charge is -2.46. The fourth-order valence-corrected chi connectivity index (χ4v) is 6.48. The highest BCUT2D eigenvalue weighted by Crippen LogP contribution is 2.55. The van der Waals surface area contributed by atoms with Gasteiger partial charge in [0.1, 0.15) is 0 Å². The number of pyridine rings is 1. The van der Waals surface area contributed by atoms with Crippen molar-refractivity contribution in [2.45, 2.75) is 25.3 Å². The van der Waals surface area contributed by atoms with Gasteiger partial charge in [0.2, 0.25) is 17.4 Å². The first-order chi connectivity index (χ1) is 17.4. The molecular weight excluding hydrogens is 474 g/mol. The summed E-state index contributed by atoms with van der Waals surface area (Å²) in [4.78, 5) is 47.6. The fourth-order valence-electron chi connectivity index (χ4n) is 5.59. The number of hydrogen-bond donors (Lipinski definition) is 2. The Balaban J connectivity index is 1.24. The number of nitrogens with zero attached hydrogens (tertiary/aromatic N) is 3. The van der Waals surface area contributed by atoms with Crippen LogP contribution < -0.4 is 10.9 Å². The topological polar surface area (TPSA) is 100 Å². The number of fused-ring (bicyclic) bond motifs is 1. The number of likely N-dealkylation sites (tertiary alicyclic amines) is 1. The Morgan fingerprint density at radius 2 is 2.03 bits per heavy atom. The average Bonchev–Trinajstić information content (AvgIpc) is 3.59. The predicted molar refractivity (Wildman–Crippen MR) is 140 cm³/mol. The van der Waals surface area contributed by atoms with E-state index in [0.717, 1.165) is 53.8 Å². The van der Waals surface area contributed by atoms with Crippen LogP contribution in [0.3, 0.4) is 0 Å². The number of nitrogens with one attached hydrogen (secondary N) is 2. The first-order valence-electron chi connectivity index (χ1n) is 11.9. The third kappa shape index (κ3) is 3.85. The quantitative estimate of drug-likeness (QED) is 0.397. The molecule has 2 amide bonds. The fraction of sp³-hybridized carbons (Fsp3) is 0.259. The predicted octanol–water partition coefficient (Wildman–Crippen LogP) is 4.45. The van der Waals surface area contributed by atoms with Gasteiger partial charge in [-0.05, 0) is 66.6 Å². The molecule has 0 atom stereocenters. The van der Waals surface area contributed by atoms with E-state index in [1.54, 1.807) is 12.3 Å². The average molecular weight is 500 g/mol. The van der Waals surface area contributed by atoms with Crippen molar-refractivity contribution in [3.63, 3.8) is 0 Å². The Morgan fingerprint density at radius 3 is 2.83 bits per heavy atom. The molecule has 182 valence electrons. The zero-order valence-corrected chi connectivity index (χ0v) is 20.4. The number of aromatic amines is 1. The Hall–Kier alpha value is -3.98. The van der Waals surface area contributed by atoms with Gasteiger partial charge in [0.25, 0.3) is 5.91 Å². The second-order valence-corrected chi connectivity index (χ2v) is 10.7. The van der Waals surface area contributed by atoms with Crippen LogP contribution in [0.2, 0.25) is 0 Å². The first kappa shape index (κ1) is 22.5. The van der Waals surface area contributed by atoms with Gasteiger partial charge in [0.15, 0.2) is 0 Å². The minimum atomic E-state index is -0.231. The highest BCUT2D eigenvalue weighted by atomic mass is 32.1. The lowest BCUT2D eigenvalue weighted by molar-refractivity contribution is -0.125. The molecule has 6 rings (SSSR count). The van der Waals surface area contributed by atoms with Crippen LogP contribution in [0.5, 0.6) is 0 Å². The number of imidazole rings is 1. The Morgan fingerprint density at radius 1 is 1.19 bits per heavy atom. The number of aromatic nitrogens is 3. The molecule has 1 aromatic carbocycles. The van der Waals surface area contributed by atoms with Crippen molar-refractivity contribution in [3.8, 4) is 10.4 Å². The molecule has 8 nitrogen and oxygen atoms in total. The molecule has 1 spiro atoms. The lowest BCUT2D eigenvalue weighted by atomic mass is 9.65. The minimum absolute atomic E-state index is 0.00761. The summed E-state index contributed by atoms with van der Waals surface area (Å²) in [5, 5.41) is 3.03. The van der Waals surface area contributed by atoms with Crippen LogP contribution in [0.25, 0.3) is 21.5 Å². The van der Waals surface area contributed by atoms with Crippen LogP contribution in [0, 0.1) is 5.41 Å². The van der Waals surface area contributed by atoms with E-state index in [0.29, 0.717) is 10.8 Å². The van der Waals surface area contributed by atoms with Gasteiger partial charge < -0.3 is 14.5 Å². The van der Waals surface area contributed by atoms with Crippen LogP contribution in [0.15, 0.2) is 72.2 Å². The number of anilines is 1. The number of thiophene rings is 1. The van der Waals surface area contributed by atoms with Gasteiger partial charge in [0.05, 0.1) is 15.9 Å². The molecule has 0 bridgehead atoms. The lowest BCUT2D eigenvalue weighted by Crippen LogP contribution is -2.42. The van der Waals surface area contributed by atoms with Crippen molar-refractivity contribution in [3.05, 3.63) is 82.6 Å². The molecule has 1 saturated carbocycles. The van der Waals surface area contributed by atoms with E-state index in [1.807, 2.05) is 41.3 Å². The molecule has 9 heteroatoms. The molecule has 1 saturated heterocycles. The first-order valence-corrected chi connectivity index (χ1v) is 12.7. The Labute approximate surface area is 211 Å². The van der Waals surface area contributed by atoms with Crippen LogP contribution in [0.4, 0.5) is 5.95 Å². The van der Waals surface area contributed by atoms with Crippen molar-refractivity contribution in [1.82, 2.24) is 19.4 Å². The van der Waals surface area contributed by atoms with Gasteiger partial charge in [-0.1, -0.05) is 18.7 Å². The number of carbonyl (C=O) groups excluding carboxylic acids is 2. The SMILES string of the molecule is C=CC(=O)N1CC[C@]2(C1)C[C@H](n1c(NC(=O)c3ccc(-c4cc[nH]c(=O)c4)s3)nc3ccccc31)C2. The molecule has 1 aliphatic carbocycles. The van der Waals surface area contributed by atoms with Gasteiger partial charge in [-0.15, -0.1) is 11.3 Å². The van der Waals surface area contributed by atoms with Crippen LogP contribution in [0.1, 0.15) is 35.0 Å². The summed E-state index contributed by atoms with van der Waals surface area (Å²) >= 11 is 1.34. The molecule has 0 radical (unpaired) electrons. The van der Waals surface area contributed by atoms with Crippen molar-refractivity contribution in [2.24, 2.45) is 5.41 Å². The molecule has 36 heavy (non-hydrogen) atoms. The van der Waals surface area contributed by atoms with Gasteiger partial charge in [0, 0.05) is 36.3 Å². The maximum Gasteiger partial charge on any atom is 0.268 e. The van der Waals surface area contributed by atoms with Crippen molar-refractivity contribution in [2.75, 3.05) is 18.4 Å². The standard InChI is InChI=1S/C27H25N5O3S/c1-2-24(34)31-12-10-27(16-31)14-18(15-27)32-20-6-4-3-5-19(20)29-26(32)30-25(35)22-8-7-21(36-22)17-9-11-28-23(33)13-17/h2-9,11,13,18H,1,10,12,14-16H2,(H,28,33)(H,29,30,35)/t18-,27-. The summed E-state index contributed by atoms with van der Waals surface area (Å²) in [5.74, 6) is 0.293. The normalized spacial score (nSPS) is 21.0. The number of H-pyrrole nitrogens is 1. The number of para-hydroxylation sites is 2. The van der Waals surface area contributed by atoms with E-state index in [-0.39, 0.29) is 28.8 Å². The highest BCUT2D eigenvalue weighted by molar-refractivity contribution is 7.17. The van der Waals surface area contributed by atoms with E-state index >= 15 is 0 Å². The summed E-state index contributed by atoms with van der Waals surface area (Å²) in [6, 6.07) is 15.0. The van der Waals surface area contributed by atoms with E-state index < -0.39 is 0 Å². The minimum Gasteiger partial charge on any atom is -0.339 e. The Kier molecular flexibility index (Phi) is 5.37. The summed E-state index contributed by atoms with van der Waals surface area (Å²) in [6.07, 6.45) is 5.84.